The Hall–Kier alpha value is -3.33. The summed E-state index contributed by atoms with van der Waals surface area (Å²) in [5.74, 6) is -1.41. The van der Waals surface area contributed by atoms with Gasteiger partial charge in [0, 0.05) is 35.9 Å². The first-order chi connectivity index (χ1) is 14.8. The number of carbonyl (C=O) groups is 2. The minimum atomic E-state index is -3.33. The van der Waals surface area contributed by atoms with E-state index in [-0.39, 0.29) is 5.75 Å². The monoisotopic (exact) mass is 440 g/mol. The van der Waals surface area contributed by atoms with Gasteiger partial charge in [-0.1, -0.05) is 24.3 Å². The summed E-state index contributed by atoms with van der Waals surface area (Å²) in [6, 6.07) is 12.9. The van der Waals surface area contributed by atoms with E-state index in [1.165, 1.54) is 4.31 Å². The molecule has 1 aromatic heterocycles. The van der Waals surface area contributed by atoms with Crippen molar-refractivity contribution in [2.24, 2.45) is 0 Å². The molecule has 2 aromatic carbocycles. The van der Waals surface area contributed by atoms with Crippen molar-refractivity contribution >= 4 is 44.1 Å². The predicted molar refractivity (Wildman–Crippen MR) is 121 cm³/mol. The molecule has 2 heterocycles. The molecule has 162 valence electrons. The first-order valence-electron chi connectivity index (χ1n) is 10.1. The molecule has 0 aliphatic carbocycles. The van der Waals surface area contributed by atoms with Crippen LogP contribution in [-0.2, 0) is 26.0 Å². The fraction of sp³-hybridized carbons (Fsp3) is 0.273. The van der Waals surface area contributed by atoms with Gasteiger partial charge in [0.25, 0.3) is 0 Å². The van der Waals surface area contributed by atoms with E-state index in [1.807, 2.05) is 30.5 Å². The van der Waals surface area contributed by atoms with Crippen molar-refractivity contribution in [2.75, 3.05) is 28.5 Å². The second-order valence-electron chi connectivity index (χ2n) is 7.56. The quantitative estimate of drug-likeness (QED) is 0.529. The molecule has 0 spiro atoms. The van der Waals surface area contributed by atoms with E-state index in [0.29, 0.717) is 37.3 Å². The molecular weight excluding hydrogens is 416 g/mol. The summed E-state index contributed by atoms with van der Waals surface area (Å²) in [5.41, 5.74) is 3.72. The number of H-pyrrole nitrogens is 1. The Bertz CT molecular complexity index is 1250. The minimum absolute atomic E-state index is 0.113. The third kappa shape index (κ3) is 4.41. The van der Waals surface area contributed by atoms with Crippen LogP contribution in [0.5, 0.6) is 0 Å². The molecule has 3 aromatic rings. The minimum Gasteiger partial charge on any atom is -0.361 e. The maximum atomic E-state index is 12.4. The summed E-state index contributed by atoms with van der Waals surface area (Å²) in [6.45, 7) is 2.51. The maximum absolute atomic E-state index is 12.4. The Balaban J connectivity index is 1.37. The SMILES string of the molecule is Cc1ccc(N2CCCS2(=O)=O)cc1NC(=O)C(=O)NCCc1c[nH]c2ccccc12. The van der Waals surface area contributed by atoms with Crippen molar-refractivity contribution < 1.29 is 18.0 Å². The molecule has 0 bridgehead atoms. The van der Waals surface area contributed by atoms with E-state index in [4.69, 9.17) is 0 Å². The highest BCUT2D eigenvalue weighted by Gasteiger charge is 2.28. The van der Waals surface area contributed by atoms with Gasteiger partial charge in [-0.25, -0.2) is 8.42 Å². The number of nitrogens with zero attached hydrogens (tertiary/aromatic N) is 1. The highest BCUT2D eigenvalue weighted by atomic mass is 32.2. The van der Waals surface area contributed by atoms with Crippen molar-refractivity contribution in [1.29, 1.82) is 0 Å². The summed E-state index contributed by atoms with van der Waals surface area (Å²) >= 11 is 0. The average molecular weight is 441 g/mol. The van der Waals surface area contributed by atoms with Gasteiger partial charge in [-0.15, -0.1) is 0 Å². The number of para-hydroxylation sites is 1. The van der Waals surface area contributed by atoms with Crippen molar-refractivity contribution in [3.63, 3.8) is 0 Å². The lowest BCUT2D eigenvalue weighted by molar-refractivity contribution is -0.136. The zero-order valence-electron chi connectivity index (χ0n) is 17.1. The molecule has 1 aliphatic rings. The van der Waals surface area contributed by atoms with Crippen molar-refractivity contribution in [2.45, 2.75) is 19.8 Å². The molecule has 0 radical (unpaired) electrons. The first-order valence-corrected chi connectivity index (χ1v) is 11.7. The van der Waals surface area contributed by atoms with Crippen LogP contribution < -0.4 is 14.9 Å². The highest BCUT2D eigenvalue weighted by molar-refractivity contribution is 7.93. The number of carbonyl (C=O) groups excluding carboxylic acids is 2. The Morgan fingerprint density at radius 3 is 2.71 bits per heavy atom. The number of sulfonamides is 1. The maximum Gasteiger partial charge on any atom is 0.313 e. The molecule has 2 amide bonds. The third-order valence-electron chi connectivity index (χ3n) is 5.42. The summed E-state index contributed by atoms with van der Waals surface area (Å²) in [7, 11) is -3.33. The van der Waals surface area contributed by atoms with Crippen LogP contribution in [-0.4, -0.2) is 44.1 Å². The second-order valence-corrected chi connectivity index (χ2v) is 9.57. The van der Waals surface area contributed by atoms with Crippen LogP contribution >= 0.6 is 0 Å². The Morgan fingerprint density at radius 2 is 1.94 bits per heavy atom. The number of amides is 2. The van der Waals surface area contributed by atoms with Gasteiger partial charge in [0.2, 0.25) is 10.0 Å². The summed E-state index contributed by atoms with van der Waals surface area (Å²) in [6.07, 6.45) is 3.05. The van der Waals surface area contributed by atoms with E-state index in [9.17, 15) is 18.0 Å². The summed E-state index contributed by atoms with van der Waals surface area (Å²) in [4.78, 5) is 27.8. The van der Waals surface area contributed by atoms with Crippen LogP contribution in [0.4, 0.5) is 11.4 Å². The number of aromatic amines is 1. The predicted octanol–water partition coefficient (Wildman–Crippen LogP) is 2.31. The van der Waals surface area contributed by atoms with Crippen molar-refractivity contribution in [1.82, 2.24) is 10.3 Å². The van der Waals surface area contributed by atoms with Gasteiger partial charge in [0.1, 0.15) is 0 Å². The fourth-order valence-electron chi connectivity index (χ4n) is 3.74. The van der Waals surface area contributed by atoms with E-state index in [1.54, 1.807) is 25.1 Å². The molecular formula is C22H24N4O4S. The number of aromatic nitrogens is 1. The number of aryl methyl sites for hydroxylation is 1. The van der Waals surface area contributed by atoms with Crippen LogP contribution in [0.15, 0.2) is 48.7 Å². The lowest BCUT2D eigenvalue weighted by Crippen LogP contribution is -2.36. The van der Waals surface area contributed by atoms with Gasteiger partial charge < -0.3 is 15.6 Å². The van der Waals surface area contributed by atoms with Crippen molar-refractivity contribution in [3.8, 4) is 0 Å². The molecule has 0 saturated carbocycles. The number of hydrogen-bond donors (Lipinski definition) is 3. The van der Waals surface area contributed by atoms with Crippen LogP contribution in [0.25, 0.3) is 10.9 Å². The second kappa shape index (κ2) is 8.43. The smallest absolute Gasteiger partial charge is 0.313 e. The van der Waals surface area contributed by atoms with Crippen LogP contribution in [0, 0.1) is 6.92 Å². The molecule has 3 N–H and O–H groups in total. The third-order valence-corrected chi connectivity index (χ3v) is 7.29. The lowest BCUT2D eigenvalue weighted by Gasteiger charge is -2.19. The molecule has 1 aliphatic heterocycles. The standard InChI is InChI=1S/C22H24N4O4S/c1-15-7-8-17(26-11-4-12-31(26,29)30)13-20(15)25-22(28)21(27)23-10-9-16-14-24-19-6-3-2-5-18(16)19/h2-3,5-8,13-14,24H,4,9-12H2,1H3,(H,23,27)(H,25,28). The Kier molecular flexibility index (Phi) is 5.69. The molecule has 31 heavy (non-hydrogen) atoms. The topological polar surface area (TPSA) is 111 Å². The highest BCUT2D eigenvalue weighted by Crippen LogP contribution is 2.28. The number of hydrogen-bond acceptors (Lipinski definition) is 4. The molecule has 4 rings (SSSR count). The Morgan fingerprint density at radius 1 is 1.13 bits per heavy atom. The number of nitrogens with one attached hydrogen (secondary N) is 3. The Labute approximate surface area is 180 Å². The summed E-state index contributed by atoms with van der Waals surface area (Å²) < 4.78 is 25.7. The number of benzene rings is 2. The normalized spacial score (nSPS) is 15.2. The lowest BCUT2D eigenvalue weighted by atomic mass is 10.1. The molecule has 9 heteroatoms. The van der Waals surface area contributed by atoms with E-state index in [0.717, 1.165) is 22.0 Å². The van der Waals surface area contributed by atoms with Crippen LogP contribution in [0.3, 0.4) is 0 Å². The largest absolute Gasteiger partial charge is 0.361 e. The van der Waals surface area contributed by atoms with E-state index in [2.05, 4.69) is 15.6 Å². The first kappa shape index (κ1) is 20.9. The molecule has 1 saturated heterocycles. The van der Waals surface area contributed by atoms with Crippen LogP contribution in [0.2, 0.25) is 0 Å². The van der Waals surface area contributed by atoms with Gasteiger partial charge in [-0.05, 0) is 49.1 Å². The number of rotatable bonds is 5. The molecule has 0 atom stereocenters. The van der Waals surface area contributed by atoms with Crippen molar-refractivity contribution in [3.05, 3.63) is 59.8 Å². The van der Waals surface area contributed by atoms with Gasteiger partial charge in [0.05, 0.1) is 11.4 Å². The van der Waals surface area contributed by atoms with E-state index < -0.39 is 21.8 Å². The molecule has 0 unspecified atom stereocenters. The van der Waals surface area contributed by atoms with Gasteiger partial charge >= 0.3 is 11.8 Å². The zero-order valence-corrected chi connectivity index (χ0v) is 18.0. The number of anilines is 2. The fourth-order valence-corrected chi connectivity index (χ4v) is 5.29. The zero-order chi connectivity index (χ0) is 22.0. The van der Waals surface area contributed by atoms with E-state index >= 15 is 0 Å². The summed E-state index contributed by atoms with van der Waals surface area (Å²) in [5, 5.41) is 6.32. The molecule has 1 fully saturated rings. The van der Waals surface area contributed by atoms with Gasteiger partial charge in [-0.3, -0.25) is 13.9 Å². The number of fused-ring (bicyclic) bond motifs is 1. The van der Waals surface area contributed by atoms with Gasteiger partial charge in [-0.2, -0.15) is 0 Å². The molecule has 8 nitrogen and oxygen atoms in total. The average Bonchev–Trinajstić information content (AvgIpc) is 3.32. The van der Waals surface area contributed by atoms with Gasteiger partial charge in [0.15, 0.2) is 0 Å². The van der Waals surface area contributed by atoms with Crippen LogP contribution in [0.1, 0.15) is 17.5 Å².